The van der Waals surface area contributed by atoms with E-state index in [0.29, 0.717) is 0 Å². The first-order valence-electron chi connectivity index (χ1n) is 8.07. The normalized spacial score (nSPS) is 10.8. The molecule has 3 aromatic rings. The van der Waals surface area contributed by atoms with Gasteiger partial charge in [0.1, 0.15) is 5.69 Å². The Morgan fingerprint density at radius 2 is 1.45 bits per heavy atom. The van der Waals surface area contributed by atoms with Crippen molar-refractivity contribution >= 4 is 0 Å². The Kier molecular flexibility index (Phi) is 4.69. The van der Waals surface area contributed by atoms with Gasteiger partial charge in [0.15, 0.2) is 0 Å². The molecule has 2 heteroatoms. The Balaban J connectivity index is 1.99. The highest BCUT2D eigenvalue weighted by Crippen LogP contribution is 2.30. The largest absolute Gasteiger partial charge is 0.271 e. The summed E-state index contributed by atoms with van der Waals surface area (Å²) < 4.78 is 2.10. The lowest BCUT2D eigenvalue weighted by Crippen LogP contribution is -1.98. The van der Waals surface area contributed by atoms with E-state index in [1.54, 1.807) is 0 Å². The molecule has 0 unspecified atom stereocenters. The first-order valence-corrected chi connectivity index (χ1v) is 8.07. The van der Waals surface area contributed by atoms with Crippen LogP contribution in [0.4, 0.5) is 0 Å². The molecule has 0 aliphatic heterocycles. The molecule has 0 N–H and O–H groups in total. The molecule has 0 amide bonds. The van der Waals surface area contributed by atoms with Gasteiger partial charge in [-0.1, -0.05) is 80.4 Å². The van der Waals surface area contributed by atoms with Gasteiger partial charge < -0.3 is 0 Å². The first-order chi connectivity index (χ1) is 10.9. The van der Waals surface area contributed by atoms with Crippen LogP contribution in [0.25, 0.3) is 22.4 Å². The summed E-state index contributed by atoms with van der Waals surface area (Å²) in [6.07, 6.45) is 5.85. The summed E-state index contributed by atoms with van der Waals surface area (Å²) >= 11 is 0. The van der Waals surface area contributed by atoms with Crippen molar-refractivity contribution in [3.8, 4) is 22.4 Å². The smallest absolute Gasteiger partial charge is 0.100 e. The molecule has 0 atom stereocenters. The average molecular weight is 290 g/mol. The van der Waals surface area contributed by atoms with Crippen molar-refractivity contribution in [1.29, 1.82) is 0 Å². The topological polar surface area (TPSA) is 17.8 Å². The van der Waals surface area contributed by atoms with Crippen LogP contribution in [0.3, 0.4) is 0 Å². The second kappa shape index (κ2) is 7.08. The van der Waals surface area contributed by atoms with Gasteiger partial charge in [-0.15, -0.1) is 0 Å². The molecule has 0 saturated carbocycles. The zero-order chi connectivity index (χ0) is 15.2. The van der Waals surface area contributed by atoms with Gasteiger partial charge in [0.25, 0.3) is 0 Å². The van der Waals surface area contributed by atoms with E-state index in [-0.39, 0.29) is 0 Å². The molecule has 0 spiro atoms. The molecule has 2 aromatic carbocycles. The van der Waals surface area contributed by atoms with Crippen LogP contribution in [0.5, 0.6) is 0 Å². The lowest BCUT2D eigenvalue weighted by atomic mass is 10.0. The summed E-state index contributed by atoms with van der Waals surface area (Å²) in [5.74, 6) is 0. The fraction of sp³-hybridized carbons (Fsp3) is 0.250. The Labute approximate surface area is 132 Å². The van der Waals surface area contributed by atoms with Crippen molar-refractivity contribution in [2.24, 2.45) is 0 Å². The first kappa shape index (κ1) is 14.6. The zero-order valence-electron chi connectivity index (χ0n) is 13.1. The maximum Gasteiger partial charge on any atom is 0.100 e. The van der Waals surface area contributed by atoms with Crippen LogP contribution >= 0.6 is 0 Å². The Morgan fingerprint density at radius 3 is 2.09 bits per heavy atom. The van der Waals surface area contributed by atoms with Gasteiger partial charge in [-0.25, -0.2) is 0 Å². The van der Waals surface area contributed by atoms with Gasteiger partial charge in [-0.3, -0.25) is 4.68 Å². The van der Waals surface area contributed by atoms with E-state index in [4.69, 9.17) is 5.10 Å². The zero-order valence-corrected chi connectivity index (χ0v) is 13.1. The number of rotatable bonds is 6. The summed E-state index contributed by atoms with van der Waals surface area (Å²) in [5.41, 5.74) is 4.69. The van der Waals surface area contributed by atoms with Gasteiger partial charge in [-0.2, -0.15) is 5.10 Å². The van der Waals surface area contributed by atoms with Gasteiger partial charge >= 0.3 is 0 Å². The van der Waals surface area contributed by atoms with Crippen molar-refractivity contribution in [2.45, 2.75) is 32.7 Å². The second-order valence-electron chi connectivity index (χ2n) is 5.59. The van der Waals surface area contributed by atoms with Crippen LogP contribution in [0.15, 0.2) is 66.9 Å². The van der Waals surface area contributed by atoms with Crippen molar-refractivity contribution in [3.63, 3.8) is 0 Å². The highest BCUT2D eigenvalue weighted by atomic mass is 15.3. The summed E-state index contributed by atoms with van der Waals surface area (Å²) in [4.78, 5) is 0. The minimum absolute atomic E-state index is 0.987. The maximum atomic E-state index is 4.85. The molecule has 22 heavy (non-hydrogen) atoms. The molecule has 0 saturated heterocycles. The van der Waals surface area contributed by atoms with Crippen LogP contribution in [0.1, 0.15) is 26.2 Å². The fourth-order valence-corrected chi connectivity index (χ4v) is 2.70. The van der Waals surface area contributed by atoms with Gasteiger partial charge in [0.2, 0.25) is 0 Å². The molecule has 112 valence electrons. The predicted molar refractivity (Wildman–Crippen MR) is 92.6 cm³/mol. The SMILES string of the molecule is CCCCCn1cc(-c2ccccc2)c(-c2ccccc2)n1. The predicted octanol–water partition coefficient (Wildman–Crippen LogP) is 5.41. The van der Waals surface area contributed by atoms with Crippen LogP contribution in [-0.2, 0) is 6.54 Å². The van der Waals surface area contributed by atoms with Crippen molar-refractivity contribution in [1.82, 2.24) is 9.78 Å². The molecule has 2 nitrogen and oxygen atoms in total. The van der Waals surface area contributed by atoms with E-state index in [0.717, 1.165) is 12.2 Å². The number of nitrogens with zero attached hydrogens (tertiary/aromatic N) is 2. The van der Waals surface area contributed by atoms with Crippen molar-refractivity contribution < 1.29 is 0 Å². The van der Waals surface area contributed by atoms with Crippen molar-refractivity contribution in [3.05, 3.63) is 66.9 Å². The van der Waals surface area contributed by atoms with E-state index in [2.05, 4.69) is 72.4 Å². The van der Waals surface area contributed by atoms with Crippen LogP contribution in [0, 0.1) is 0 Å². The number of unbranched alkanes of at least 4 members (excludes halogenated alkanes) is 2. The molecule has 0 fully saturated rings. The highest BCUT2D eigenvalue weighted by Gasteiger charge is 2.12. The van der Waals surface area contributed by atoms with Crippen molar-refractivity contribution in [2.75, 3.05) is 0 Å². The van der Waals surface area contributed by atoms with Crippen LogP contribution in [0.2, 0.25) is 0 Å². The molecule has 0 bridgehead atoms. The fourth-order valence-electron chi connectivity index (χ4n) is 2.70. The van der Waals surface area contributed by atoms with E-state index in [9.17, 15) is 0 Å². The van der Waals surface area contributed by atoms with Crippen LogP contribution < -0.4 is 0 Å². The molecule has 0 aliphatic rings. The molecule has 1 aromatic heterocycles. The van der Waals surface area contributed by atoms with E-state index < -0.39 is 0 Å². The lowest BCUT2D eigenvalue weighted by molar-refractivity contribution is 0.554. The number of hydrogen-bond donors (Lipinski definition) is 0. The summed E-state index contributed by atoms with van der Waals surface area (Å²) in [5, 5.41) is 4.85. The standard InChI is InChI=1S/C20H22N2/c1-2-3-10-15-22-16-19(17-11-6-4-7-12-17)20(21-22)18-13-8-5-9-14-18/h4-9,11-14,16H,2-3,10,15H2,1H3. The molecule has 1 heterocycles. The highest BCUT2D eigenvalue weighted by molar-refractivity contribution is 5.80. The lowest BCUT2D eigenvalue weighted by Gasteiger charge is -2.02. The quantitative estimate of drug-likeness (QED) is 0.555. The Morgan fingerprint density at radius 1 is 0.818 bits per heavy atom. The number of aromatic nitrogens is 2. The summed E-state index contributed by atoms with van der Waals surface area (Å²) in [7, 11) is 0. The Bertz CT molecular complexity index is 642. The monoisotopic (exact) mass is 290 g/mol. The number of aryl methyl sites for hydroxylation is 1. The number of hydrogen-bond acceptors (Lipinski definition) is 1. The summed E-state index contributed by atoms with van der Waals surface area (Å²) in [6, 6.07) is 21.0. The van der Waals surface area contributed by atoms with E-state index >= 15 is 0 Å². The second-order valence-corrected chi connectivity index (χ2v) is 5.59. The molecule has 0 radical (unpaired) electrons. The molecular weight excluding hydrogens is 268 g/mol. The van der Waals surface area contributed by atoms with Crippen LogP contribution in [-0.4, -0.2) is 9.78 Å². The molecule has 3 rings (SSSR count). The molecular formula is C20H22N2. The Hall–Kier alpha value is -2.35. The summed E-state index contributed by atoms with van der Waals surface area (Å²) in [6.45, 7) is 3.22. The van der Waals surface area contributed by atoms with Gasteiger partial charge in [0, 0.05) is 23.9 Å². The van der Waals surface area contributed by atoms with E-state index in [1.165, 1.54) is 36.0 Å². The third-order valence-corrected chi connectivity index (χ3v) is 3.88. The maximum absolute atomic E-state index is 4.85. The minimum atomic E-state index is 0.987. The minimum Gasteiger partial charge on any atom is -0.271 e. The number of benzene rings is 2. The van der Waals surface area contributed by atoms with Gasteiger partial charge in [-0.05, 0) is 12.0 Å². The molecule has 0 aliphatic carbocycles. The van der Waals surface area contributed by atoms with E-state index in [1.807, 2.05) is 6.07 Å². The average Bonchev–Trinajstić information content (AvgIpc) is 3.01. The van der Waals surface area contributed by atoms with Gasteiger partial charge in [0.05, 0.1) is 0 Å². The third-order valence-electron chi connectivity index (χ3n) is 3.88. The third kappa shape index (κ3) is 3.28.